The van der Waals surface area contributed by atoms with Crippen LogP contribution in [0.25, 0.3) is 10.2 Å². The predicted octanol–water partition coefficient (Wildman–Crippen LogP) is 4.97. The molecule has 0 fully saturated rings. The summed E-state index contributed by atoms with van der Waals surface area (Å²) in [5.41, 5.74) is 4.40. The summed E-state index contributed by atoms with van der Waals surface area (Å²) in [4.78, 5) is 14.6. The number of nitrogens with one attached hydrogen (secondary N) is 1. The van der Waals surface area contributed by atoms with Crippen molar-refractivity contribution in [3.05, 3.63) is 56.7 Å². The van der Waals surface area contributed by atoms with Gasteiger partial charge in [0.2, 0.25) is 0 Å². The third-order valence-corrected chi connectivity index (χ3v) is 8.66. The molecular formula is C29H41N3O3S. The van der Waals surface area contributed by atoms with Crippen LogP contribution in [-0.2, 0) is 26.3 Å². The van der Waals surface area contributed by atoms with Crippen molar-refractivity contribution >= 4 is 21.6 Å². The van der Waals surface area contributed by atoms with E-state index in [2.05, 4.69) is 42.3 Å². The van der Waals surface area contributed by atoms with Crippen molar-refractivity contribution in [3.8, 4) is 11.5 Å². The first kappa shape index (κ1) is 26.7. The van der Waals surface area contributed by atoms with Crippen LogP contribution in [0, 0.1) is 0 Å². The Morgan fingerprint density at radius 3 is 2.83 bits per heavy atom. The molecule has 0 spiro atoms. The molecule has 36 heavy (non-hydrogen) atoms. The van der Waals surface area contributed by atoms with Crippen LogP contribution in [-0.4, -0.2) is 51.4 Å². The van der Waals surface area contributed by atoms with Gasteiger partial charge in [-0.05, 0) is 101 Å². The topological polar surface area (TPSA) is 77.7 Å². The Hall–Kier alpha value is -2.35. The summed E-state index contributed by atoms with van der Waals surface area (Å²) in [5.74, 6) is 0.0724. The molecule has 7 heteroatoms. The van der Waals surface area contributed by atoms with E-state index in [1.807, 2.05) is 13.1 Å². The lowest BCUT2D eigenvalue weighted by Crippen LogP contribution is -2.40. The highest BCUT2D eigenvalue weighted by atomic mass is 32.1. The number of aromatic nitrogens is 1. The number of thiazole rings is 1. The molecule has 196 valence electrons. The zero-order valence-electron chi connectivity index (χ0n) is 21.9. The number of unbranched alkanes of at least 4 members (excludes halogenated alkanes) is 1. The first-order valence-corrected chi connectivity index (χ1v) is 14.3. The van der Waals surface area contributed by atoms with Crippen molar-refractivity contribution in [2.45, 2.75) is 77.3 Å². The highest BCUT2D eigenvalue weighted by Crippen LogP contribution is 2.36. The van der Waals surface area contributed by atoms with Crippen LogP contribution < -0.4 is 10.2 Å². The summed E-state index contributed by atoms with van der Waals surface area (Å²) in [6.07, 6.45) is 8.50. The average Bonchev–Trinajstić information content (AvgIpc) is 3.15. The maximum Gasteiger partial charge on any atom is 0.307 e. The molecule has 0 saturated carbocycles. The number of phenols is 2. The highest BCUT2D eigenvalue weighted by Gasteiger charge is 2.26. The summed E-state index contributed by atoms with van der Waals surface area (Å²) in [7, 11) is 1.83. The molecule has 0 amide bonds. The SMILES string of the molecule is CCCN(CCCCC(C)NCCc1ccc2c(c1)sc(=O)n2C)[C@H]1CCc2c(ccc(O)c2O)C1. The van der Waals surface area contributed by atoms with Gasteiger partial charge in [-0.15, -0.1) is 0 Å². The van der Waals surface area contributed by atoms with Crippen LogP contribution in [0.1, 0.15) is 62.6 Å². The van der Waals surface area contributed by atoms with Crippen molar-refractivity contribution in [1.82, 2.24) is 14.8 Å². The van der Waals surface area contributed by atoms with Gasteiger partial charge in [-0.1, -0.05) is 36.8 Å². The maximum atomic E-state index is 11.9. The van der Waals surface area contributed by atoms with Gasteiger partial charge in [0.05, 0.1) is 10.2 Å². The van der Waals surface area contributed by atoms with E-state index < -0.39 is 0 Å². The van der Waals surface area contributed by atoms with Gasteiger partial charge in [-0.3, -0.25) is 4.79 Å². The Morgan fingerprint density at radius 1 is 1.19 bits per heavy atom. The third kappa shape index (κ3) is 6.31. The average molecular weight is 512 g/mol. The van der Waals surface area contributed by atoms with Crippen LogP contribution >= 0.6 is 11.3 Å². The second kappa shape index (κ2) is 12.3. The minimum absolute atomic E-state index is 0.00376. The summed E-state index contributed by atoms with van der Waals surface area (Å²) in [6.45, 7) is 7.69. The molecule has 3 aromatic rings. The minimum Gasteiger partial charge on any atom is -0.504 e. The number of aryl methyl sites for hydroxylation is 1. The van der Waals surface area contributed by atoms with Gasteiger partial charge in [0.1, 0.15) is 0 Å². The predicted molar refractivity (Wildman–Crippen MR) is 150 cm³/mol. The molecule has 1 aromatic heterocycles. The Bertz CT molecular complexity index is 1220. The molecule has 0 bridgehead atoms. The van der Waals surface area contributed by atoms with E-state index in [4.69, 9.17) is 0 Å². The van der Waals surface area contributed by atoms with E-state index in [-0.39, 0.29) is 16.4 Å². The first-order valence-electron chi connectivity index (χ1n) is 13.5. The standard InChI is InChI=1S/C29H41N3O3S/c1-4-16-32(23-10-11-24-22(19-23)9-13-26(33)28(24)34)17-6-5-7-20(2)30-15-14-21-8-12-25-27(18-21)36-29(35)31(25)3/h8-9,12-13,18,20,23,30,33-34H,4-7,10-11,14-17,19H2,1-3H3/t20?,23-/m0/s1. The summed E-state index contributed by atoms with van der Waals surface area (Å²) >= 11 is 1.32. The number of hydrogen-bond acceptors (Lipinski definition) is 6. The van der Waals surface area contributed by atoms with Gasteiger partial charge >= 0.3 is 4.87 Å². The lowest BCUT2D eigenvalue weighted by atomic mass is 9.86. The van der Waals surface area contributed by atoms with Gasteiger partial charge in [0.15, 0.2) is 11.5 Å². The number of benzene rings is 2. The zero-order chi connectivity index (χ0) is 25.7. The summed E-state index contributed by atoms with van der Waals surface area (Å²) in [6, 6.07) is 11.0. The molecular weight excluding hydrogens is 470 g/mol. The number of nitrogens with zero attached hydrogens (tertiary/aromatic N) is 2. The van der Waals surface area contributed by atoms with Gasteiger partial charge in [0.25, 0.3) is 0 Å². The van der Waals surface area contributed by atoms with E-state index in [0.29, 0.717) is 12.1 Å². The second-order valence-corrected chi connectivity index (χ2v) is 11.3. The fraction of sp³-hybridized carbons (Fsp3) is 0.552. The van der Waals surface area contributed by atoms with E-state index in [0.717, 1.165) is 67.5 Å². The van der Waals surface area contributed by atoms with Crippen LogP contribution in [0.5, 0.6) is 11.5 Å². The van der Waals surface area contributed by atoms with Gasteiger partial charge in [-0.2, -0.15) is 0 Å². The van der Waals surface area contributed by atoms with Gasteiger partial charge in [-0.25, -0.2) is 0 Å². The Balaban J connectivity index is 1.18. The van der Waals surface area contributed by atoms with Crippen LogP contribution in [0.3, 0.4) is 0 Å². The molecule has 2 atom stereocenters. The Kier molecular flexibility index (Phi) is 9.09. The van der Waals surface area contributed by atoms with E-state index in [9.17, 15) is 15.0 Å². The first-order chi connectivity index (χ1) is 17.4. The number of aromatic hydroxyl groups is 2. The molecule has 1 heterocycles. The molecule has 2 aromatic carbocycles. The second-order valence-electron chi connectivity index (χ2n) is 10.3. The molecule has 1 unspecified atom stereocenters. The van der Waals surface area contributed by atoms with Crippen LogP contribution in [0.15, 0.2) is 35.1 Å². The Morgan fingerprint density at radius 2 is 2.03 bits per heavy atom. The van der Waals surface area contributed by atoms with Crippen molar-refractivity contribution in [2.75, 3.05) is 19.6 Å². The monoisotopic (exact) mass is 511 g/mol. The number of hydrogen-bond donors (Lipinski definition) is 3. The summed E-state index contributed by atoms with van der Waals surface area (Å²) < 4.78 is 2.79. The normalized spacial score (nSPS) is 16.5. The van der Waals surface area contributed by atoms with Crippen LogP contribution in [0.4, 0.5) is 0 Å². The lowest BCUT2D eigenvalue weighted by molar-refractivity contribution is 0.175. The molecule has 0 saturated heterocycles. The van der Waals surface area contributed by atoms with Crippen molar-refractivity contribution < 1.29 is 10.2 Å². The molecule has 4 rings (SSSR count). The molecule has 1 aliphatic rings. The number of fused-ring (bicyclic) bond motifs is 2. The van der Waals surface area contributed by atoms with Crippen molar-refractivity contribution in [3.63, 3.8) is 0 Å². The highest BCUT2D eigenvalue weighted by molar-refractivity contribution is 7.16. The smallest absolute Gasteiger partial charge is 0.307 e. The Labute approximate surface area is 218 Å². The fourth-order valence-corrected chi connectivity index (χ4v) is 6.49. The van der Waals surface area contributed by atoms with E-state index in [1.54, 1.807) is 10.6 Å². The number of phenolic OH excluding ortho intramolecular Hbond substituents is 2. The molecule has 0 radical (unpaired) electrons. The molecule has 3 N–H and O–H groups in total. The van der Waals surface area contributed by atoms with Gasteiger partial charge in [0, 0.05) is 24.7 Å². The maximum absolute atomic E-state index is 11.9. The lowest BCUT2D eigenvalue weighted by Gasteiger charge is -2.35. The van der Waals surface area contributed by atoms with Crippen molar-refractivity contribution in [2.24, 2.45) is 7.05 Å². The molecule has 0 aliphatic heterocycles. The fourth-order valence-electron chi connectivity index (χ4n) is 5.54. The van der Waals surface area contributed by atoms with Gasteiger partial charge < -0.3 is 25.0 Å². The quantitative estimate of drug-likeness (QED) is 0.236. The third-order valence-electron chi connectivity index (χ3n) is 7.66. The number of rotatable bonds is 12. The zero-order valence-corrected chi connectivity index (χ0v) is 22.7. The van der Waals surface area contributed by atoms with E-state index in [1.165, 1.54) is 41.7 Å². The van der Waals surface area contributed by atoms with E-state index >= 15 is 0 Å². The largest absolute Gasteiger partial charge is 0.504 e. The summed E-state index contributed by atoms with van der Waals surface area (Å²) in [5, 5.41) is 23.7. The minimum atomic E-state index is -0.00376. The van der Waals surface area contributed by atoms with Crippen molar-refractivity contribution in [1.29, 1.82) is 0 Å². The van der Waals surface area contributed by atoms with Crippen LogP contribution in [0.2, 0.25) is 0 Å². The molecule has 6 nitrogen and oxygen atoms in total. The molecule has 1 aliphatic carbocycles.